The lowest BCUT2D eigenvalue weighted by atomic mass is 10.3. The smallest absolute Gasteiger partial charge is 0.370 e. The highest BCUT2D eigenvalue weighted by Gasteiger charge is 2.25. The van der Waals surface area contributed by atoms with Crippen molar-refractivity contribution < 1.29 is 13.2 Å². The Morgan fingerprint density at radius 3 is 2.47 bits per heavy atom. The van der Waals surface area contributed by atoms with E-state index in [2.05, 4.69) is 15.3 Å². The normalized spacial score (nSPS) is 11.6. The Morgan fingerprint density at radius 1 is 1.24 bits per heavy atom. The van der Waals surface area contributed by atoms with Crippen LogP contribution in [0.3, 0.4) is 0 Å². The van der Waals surface area contributed by atoms with Crippen molar-refractivity contribution in [3.05, 3.63) is 16.5 Å². The Labute approximate surface area is 102 Å². The van der Waals surface area contributed by atoms with Crippen LogP contribution < -0.4 is 5.32 Å². The molecule has 0 amide bonds. The molecule has 0 radical (unpaired) electrons. The highest BCUT2D eigenvalue weighted by atomic mass is 35.5. The molecule has 1 aromatic heterocycles. The molecule has 0 fully saturated rings. The standard InChI is InChI=1S/C10H13ClF3N3/c1-6-8(11)16-7(2)17-9(6)15-5-3-4-10(12,13)14/h3-5H2,1-2H3,(H,15,16,17). The highest BCUT2D eigenvalue weighted by Crippen LogP contribution is 2.22. The van der Waals surface area contributed by atoms with Crippen LogP contribution in [0.1, 0.15) is 24.2 Å². The fourth-order valence-corrected chi connectivity index (χ4v) is 1.47. The van der Waals surface area contributed by atoms with Gasteiger partial charge in [-0.3, -0.25) is 0 Å². The molecule has 0 aromatic carbocycles. The van der Waals surface area contributed by atoms with Crippen LogP contribution in [0, 0.1) is 13.8 Å². The van der Waals surface area contributed by atoms with E-state index in [9.17, 15) is 13.2 Å². The van der Waals surface area contributed by atoms with Gasteiger partial charge in [-0.2, -0.15) is 13.2 Å². The van der Waals surface area contributed by atoms with E-state index in [-0.39, 0.29) is 13.0 Å². The number of aryl methyl sites for hydroxylation is 1. The van der Waals surface area contributed by atoms with Crippen LogP contribution in [0.4, 0.5) is 19.0 Å². The third-order valence-electron chi connectivity index (χ3n) is 2.13. The molecule has 1 rings (SSSR count). The van der Waals surface area contributed by atoms with Crippen LogP contribution in [0.15, 0.2) is 0 Å². The largest absolute Gasteiger partial charge is 0.389 e. The van der Waals surface area contributed by atoms with E-state index in [0.717, 1.165) is 0 Å². The summed E-state index contributed by atoms with van der Waals surface area (Å²) in [5.41, 5.74) is 0.643. The number of nitrogens with one attached hydrogen (secondary N) is 1. The van der Waals surface area contributed by atoms with Gasteiger partial charge in [0, 0.05) is 18.5 Å². The number of alkyl halides is 3. The van der Waals surface area contributed by atoms with Crippen molar-refractivity contribution >= 4 is 17.4 Å². The van der Waals surface area contributed by atoms with Gasteiger partial charge >= 0.3 is 6.18 Å². The number of nitrogens with zero attached hydrogens (tertiary/aromatic N) is 2. The summed E-state index contributed by atoms with van der Waals surface area (Å²) in [4.78, 5) is 8.02. The molecule has 0 unspecified atom stereocenters. The molecule has 0 saturated heterocycles. The number of anilines is 1. The van der Waals surface area contributed by atoms with Gasteiger partial charge < -0.3 is 5.32 Å². The van der Waals surface area contributed by atoms with Gasteiger partial charge in [-0.15, -0.1) is 0 Å². The molecule has 0 atom stereocenters. The first-order valence-corrected chi connectivity index (χ1v) is 5.49. The molecule has 96 valence electrons. The molecule has 7 heteroatoms. The molecule has 0 saturated carbocycles. The number of hydrogen-bond acceptors (Lipinski definition) is 3. The average molecular weight is 268 g/mol. The summed E-state index contributed by atoms with van der Waals surface area (Å²) in [7, 11) is 0. The summed E-state index contributed by atoms with van der Waals surface area (Å²) in [5.74, 6) is 0.976. The van der Waals surface area contributed by atoms with Gasteiger partial charge in [-0.25, -0.2) is 9.97 Å². The Kier molecular flexibility index (Phi) is 4.56. The van der Waals surface area contributed by atoms with Crippen LogP contribution in [0.5, 0.6) is 0 Å². The molecular weight excluding hydrogens is 255 g/mol. The van der Waals surface area contributed by atoms with E-state index < -0.39 is 12.6 Å². The second kappa shape index (κ2) is 5.53. The number of halogens is 4. The van der Waals surface area contributed by atoms with Crippen LogP contribution in [-0.2, 0) is 0 Å². The van der Waals surface area contributed by atoms with Crippen LogP contribution in [0.25, 0.3) is 0 Å². The summed E-state index contributed by atoms with van der Waals surface area (Å²) < 4.78 is 35.7. The minimum Gasteiger partial charge on any atom is -0.370 e. The Hall–Kier alpha value is -1.04. The SMILES string of the molecule is Cc1nc(Cl)c(C)c(NCCCC(F)(F)F)n1. The quantitative estimate of drug-likeness (QED) is 0.670. The molecule has 0 aliphatic rings. The zero-order valence-electron chi connectivity index (χ0n) is 9.53. The minimum atomic E-state index is -4.12. The molecule has 3 nitrogen and oxygen atoms in total. The zero-order chi connectivity index (χ0) is 13.1. The summed E-state index contributed by atoms with van der Waals surface area (Å²) in [6.07, 6.45) is -4.92. The van der Waals surface area contributed by atoms with E-state index in [1.54, 1.807) is 13.8 Å². The van der Waals surface area contributed by atoms with Crippen molar-refractivity contribution in [2.45, 2.75) is 32.9 Å². The zero-order valence-corrected chi connectivity index (χ0v) is 10.3. The van der Waals surface area contributed by atoms with E-state index in [1.807, 2.05) is 0 Å². The third kappa shape index (κ3) is 4.77. The summed E-state index contributed by atoms with van der Waals surface area (Å²) in [5, 5.41) is 3.15. The molecule has 17 heavy (non-hydrogen) atoms. The van der Waals surface area contributed by atoms with Crippen LogP contribution in [0.2, 0.25) is 5.15 Å². The van der Waals surface area contributed by atoms with Gasteiger partial charge in [0.1, 0.15) is 16.8 Å². The molecule has 1 aromatic rings. The van der Waals surface area contributed by atoms with Crippen LogP contribution >= 0.6 is 11.6 Å². The van der Waals surface area contributed by atoms with Crippen LogP contribution in [-0.4, -0.2) is 22.7 Å². The lowest BCUT2D eigenvalue weighted by Crippen LogP contribution is -2.12. The molecule has 0 aliphatic carbocycles. The molecular formula is C10H13ClF3N3. The first-order valence-electron chi connectivity index (χ1n) is 5.11. The lowest BCUT2D eigenvalue weighted by Gasteiger charge is -2.11. The van der Waals surface area contributed by atoms with E-state index in [1.165, 1.54) is 0 Å². The highest BCUT2D eigenvalue weighted by molar-refractivity contribution is 6.30. The summed E-state index contributed by atoms with van der Waals surface area (Å²) in [6, 6.07) is 0. The van der Waals surface area contributed by atoms with Crippen molar-refractivity contribution in [3.63, 3.8) is 0 Å². The predicted molar refractivity (Wildman–Crippen MR) is 60.3 cm³/mol. The van der Waals surface area contributed by atoms with Gasteiger partial charge in [0.2, 0.25) is 0 Å². The van der Waals surface area contributed by atoms with Gasteiger partial charge in [-0.1, -0.05) is 11.6 Å². The van der Waals surface area contributed by atoms with Crippen molar-refractivity contribution in [2.24, 2.45) is 0 Å². The third-order valence-corrected chi connectivity index (χ3v) is 2.50. The molecule has 1 N–H and O–H groups in total. The average Bonchev–Trinajstić information content (AvgIpc) is 2.18. The van der Waals surface area contributed by atoms with E-state index in [4.69, 9.17) is 11.6 Å². The number of hydrogen-bond donors (Lipinski definition) is 1. The summed E-state index contributed by atoms with van der Waals surface area (Å²) >= 11 is 5.83. The van der Waals surface area contributed by atoms with E-state index in [0.29, 0.717) is 22.4 Å². The Bertz CT molecular complexity index is 393. The maximum atomic E-state index is 11.9. The maximum Gasteiger partial charge on any atom is 0.389 e. The maximum absolute atomic E-state index is 11.9. The van der Waals surface area contributed by atoms with Gasteiger partial charge in [0.05, 0.1) is 0 Å². The van der Waals surface area contributed by atoms with Crippen molar-refractivity contribution in [1.82, 2.24) is 9.97 Å². The van der Waals surface area contributed by atoms with E-state index >= 15 is 0 Å². The molecule has 0 aliphatic heterocycles. The first kappa shape index (κ1) is 14.0. The predicted octanol–water partition coefficient (Wildman–Crippen LogP) is 3.50. The summed E-state index contributed by atoms with van der Waals surface area (Å²) in [6.45, 7) is 3.59. The van der Waals surface area contributed by atoms with Gasteiger partial charge in [0.15, 0.2) is 0 Å². The minimum absolute atomic E-state index is 0.00358. The van der Waals surface area contributed by atoms with Gasteiger partial charge in [-0.05, 0) is 20.3 Å². The van der Waals surface area contributed by atoms with Crippen molar-refractivity contribution in [2.75, 3.05) is 11.9 Å². The second-order valence-corrected chi connectivity index (χ2v) is 4.04. The monoisotopic (exact) mass is 267 g/mol. The Balaban J connectivity index is 2.52. The lowest BCUT2D eigenvalue weighted by molar-refractivity contribution is -0.134. The topological polar surface area (TPSA) is 37.8 Å². The van der Waals surface area contributed by atoms with Crippen molar-refractivity contribution in [3.8, 4) is 0 Å². The fraction of sp³-hybridized carbons (Fsp3) is 0.600. The molecule has 0 bridgehead atoms. The van der Waals surface area contributed by atoms with Gasteiger partial charge in [0.25, 0.3) is 0 Å². The number of aromatic nitrogens is 2. The van der Waals surface area contributed by atoms with Crippen molar-refractivity contribution in [1.29, 1.82) is 0 Å². The number of rotatable bonds is 4. The molecule has 1 heterocycles. The fourth-order valence-electron chi connectivity index (χ4n) is 1.26. The first-order chi connectivity index (χ1) is 7.79. The molecule has 0 spiro atoms. The second-order valence-electron chi connectivity index (χ2n) is 3.68. The Morgan fingerprint density at radius 2 is 1.88 bits per heavy atom.